The summed E-state index contributed by atoms with van der Waals surface area (Å²) in [7, 11) is -2.04. The molecule has 7 heteroatoms. The van der Waals surface area contributed by atoms with Gasteiger partial charge in [-0.2, -0.15) is 0 Å². The summed E-state index contributed by atoms with van der Waals surface area (Å²) >= 11 is 0. The zero-order valence-corrected chi connectivity index (χ0v) is 15.4. The summed E-state index contributed by atoms with van der Waals surface area (Å²) < 4.78 is 36.6. The normalized spacial score (nSPS) is 20.5. The average Bonchev–Trinajstić information content (AvgIpc) is 3.40. The fourth-order valence-corrected chi connectivity index (χ4v) is 3.71. The first-order valence-corrected chi connectivity index (χ1v) is 9.88. The van der Waals surface area contributed by atoms with Crippen molar-refractivity contribution in [1.29, 1.82) is 0 Å². The number of sulfonamides is 1. The Morgan fingerprint density at radius 1 is 1.19 bits per heavy atom. The molecule has 0 heterocycles. The van der Waals surface area contributed by atoms with E-state index in [-0.39, 0.29) is 34.5 Å². The fourth-order valence-electron chi connectivity index (χ4n) is 3.20. The summed E-state index contributed by atoms with van der Waals surface area (Å²) in [5, 5.41) is 5.10. The van der Waals surface area contributed by atoms with Crippen LogP contribution in [0, 0.1) is 11.7 Å². The monoisotopic (exact) mass is 376 g/mol. The van der Waals surface area contributed by atoms with E-state index >= 15 is 0 Å². The van der Waals surface area contributed by atoms with E-state index in [1.54, 1.807) is 42.3 Å². The van der Waals surface area contributed by atoms with E-state index in [1.165, 1.54) is 18.2 Å². The molecule has 1 aliphatic carbocycles. The van der Waals surface area contributed by atoms with Gasteiger partial charge in [0, 0.05) is 13.0 Å². The Hall–Kier alpha value is -2.25. The van der Waals surface area contributed by atoms with Gasteiger partial charge in [0.1, 0.15) is 5.82 Å². The van der Waals surface area contributed by atoms with Gasteiger partial charge in [-0.3, -0.25) is 4.79 Å². The second-order valence-electron chi connectivity index (χ2n) is 6.71. The van der Waals surface area contributed by atoms with E-state index in [0.717, 1.165) is 5.56 Å². The summed E-state index contributed by atoms with van der Waals surface area (Å²) in [6, 6.07) is 12.5. The van der Waals surface area contributed by atoms with Crippen molar-refractivity contribution in [2.75, 3.05) is 7.05 Å². The molecular formula is C19H21FN2O3S. The lowest BCUT2D eigenvalue weighted by molar-refractivity contribution is -0.133. The quantitative estimate of drug-likeness (QED) is 0.871. The number of carbonyl (C=O) groups is 1. The van der Waals surface area contributed by atoms with Crippen LogP contribution in [0.3, 0.4) is 0 Å². The molecular weight excluding hydrogens is 355 g/mol. The van der Waals surface area contributed by atoms with Crippen molar-refractivity contribution in [1.82, 2.24) is 4.90 Å². The Kier molecular flexibility index (Phi) is 4.86. The molecule has 0 saturated heterocycles. The van der Waals surface area contributed by atoms with Crippen molar-refractivity contribution >= 4 is 15.9 Å². The van der Waals surface area contributed by atoms with E-state index < -0.39 is 10.0 Å². The van der Waals surface area contributed by atoms with Crippen LogP contribution in [0.2, 0.25) is 0 Å². The highest BCUT2D eigenvalue weighted by Crippen LogP contribution is 2.49. The first-order chi connectivity index (χ1) is 12.2. The number of nitrogens with two attached hydrogens (primary N) is 1. The van der Waals surface area contributed by atoms with Crippen LogP contribution in [0.15, 0.2) is 53.4 Å². The summed E-state index contributed by atoms with van der Waals surface area (Å²) in [4.78, 5) is 14.4. The van der Waals surface area contributed by atoms with Gasteiger partial charge in [-0.25, -0.2) is 17.9 Å². The Morgan fingerprint density at radius 3 is 2.38 bits per heavy atom. The van der Waals surface area contributed by atoms with Crippen molar-refractivity contribution < 1.29 is 17.6 Å². The van der Waals surface area contributed by atoms with Gasteiger partial charge in [-0.05, 0) is 48.6 Å². The number of carbonyl (C=O) groups excluding carboxylic acids is 1. The van der Waals surface area contributed by atoms with Crippen LogP contribution in [0.25, 0.3) is 0 Å². The number of nitrogens with zero attached hydrogens (tertiary/aromatic N) is 1. The lowest BCUT2D eigenvalue weighted by Gasteiger charge is -2.26. The first kappa shape index (κ1) is 18.5. The van der Waals surface area contributed by atoms with Crippen molar-refractivity contribution in [3.05, 3.63) is 65.5 Å². The molecule has 3 rings (SSSR count). The van der Waals surface area contributed by atoms with Crippen molar-refractivity contribution in [3.8, 4) is 0 Å². The topological polar surface area (TPSA) is 80.5 Å². The van der Waals surface area contributed by atoms with Gasteiger partial charge in [-0.15, -0.1) is 0 Å². The summed E-state index contributed by atoms with van der Waals surface area (Å²) in [5.41, 5.74) is 1.39. The summed E-state index contributed by atoms with van der Waals surface area (Å²) in [6.45, 7) is 1.87. The van der Waals surface area contributed by atoms with Crippen LogP contribution < -0.4 is 5.14 Å². The largest absolute Gasteiger partial charge is 0.339 e. The molecule has 1 amide bonds. The Bertz CT molecular complexity index is 928. The minimum absolute atomic E-state index is 0.0317. The van der Waals surface area contributed by atoms with Gasteiger partial charge < -0.3 is 4.90 Å². The van der Waals surface area contributed by atoms with Gasteiger partial charge >= 0.3 is 0 Å². The molecule has 0 aliphatic heterocycles. The minimum atomic E-state index is -3.74. The van der Waals surface area contributed by atoms with Crippen LogP contribution >= 0.6 is 0 Å². The fraction of sp³-hybridized carbons (Fsp3) is 0.316. The smallest absolute Gasteiger partial charge is 0.238 e. The van der Waals surface area contributed by atoms with Gasteiger partial charge in [0.05, 0.1) is 10.9 Å². The molecule has 0 bridgehead atoms. The maximum absolute atomic E-state index is 13.9. The van der Waals surface area contributed by atoms with Crippen LogP contribution in [0.4, 0.5) is 4.39 Å². The number of amides is 1. The molecule has 1 saturated carbocycles. The van der Waals surface area contributed by atoms with Gasteiger partial charge in [0.25, 0.3) is 0 Å². The average molecular weight is 376 g/mol. The molecule has 2 aromatic carbocycles. The highest BCUT2D eigenvalue weighted by molar-refractivity contribution is 7.89. The number of benzene rings is 2. The second-order valence-corrected chi connectivity index (χ2v) is 8.27. The Labute approximate surface area is 152 Å². The molecule has 1 aliphatic rings. The van der Waals surface area contributed by atoms with Crippen LogP contribution in [-0.2, 0) is 14.8 Å². The Morgan fingerprint density at radius 2 is 1.81 bits per heavy atom. The molecule has 0 spiro atoms. The minimum Gasteiger partial charge on any atom is -0.339 e. The van der Waals surface area contributed by atoms with Crippen LogP contribution in [0.5, 0.6) is 0 Å². The molecule has 26 heavy (non-hydrogen) atoms. The zero-order valence-electron chi connectivity index (χ0n) is 14.6. The van der Waals surface area contributed by atoms with Crippen molar-refractivity contribution in [2.45, 2.75) is 30.2 Å². The standard InChI is InChI=1S/C19H21FN2O3S/c1-12(13-7-9-14(10-8-13)26(21,24)25)22(2)19(23)17-11-16(17)15-5-3-4-6-18(15)20/h3-10,12,16-17H,11H2,1-2H3,(H2,21,24,25). The predicted molar refractivity (Wildman–Crippen MR) is 96.2 cm³/mol. The third-order valence-corrected chi connectivity index (χ3v) is 5.96. The van der Waals surface area contributed by atoms with E-state index in [0.29, 0.717) is 12.0 Å². The zero-order chi connectivity index (χ0) is 19.1. The molecule has 2 N–H and O–H groups in total. The van der Waals surface area contributed by atoms with E-state index in [2.05, 4.69) is 0 Å². The Balaban J connectivity index is 1.70. The molecule has 138 valence electrons. The van der Waals surface area contributed by atoms with Gasteiger partial charge in [0.2, 0.25) is 15.9 Å². The highest BCUT2D eigenvalue weighted by atomic mass is 32.2. The SMILES string of the molecule is CC(c1ccc(S(N)(=O)=O)cc1)N(C)C(=O)C1CC1c1ccccc1F. The molecule has 2 aromatic rings. The second kappa shape index (κ2) is 6.81. The summed E-state index contributed by atoms with van der Waals surface area (Å²) in [5.74, 6) is -0.616. The van der Waals surface area contributed by atoms with Crippen molar-refractivity contribution in [3.63, 3.8) is 0 Å². The lowest BCUT2D eigenvalue weighted by Crippen LogP contribution is -2.31. The number of hydrogen-bond acceptors (Lipinski definition) is 3. The molecule has 0 aromatic heterocycles. The van der Waals surface area contributed by atoms with Crippen LogP contribution in [-0.4, -0.2) is 26.3 Å². The van der Waals surface area contributed by atoms with Crippen molar-refractivity contribution in [2.24, 2.45) is 11.1 Å². The third kappa shape index (κ3) is 3.64. The van der Waals surface area contributed by atoms with Gasteiger partial charge in [0.15, 0.2) is 0 Å². The first-order valence-electron chi connectivity index (χ1n) is 8.34. The van der Waals surface area contributed by atoms with E-state index in [4.69, 9.17) is 5.14 Å². The third-order valence-electron chi connectivity index (χ3n) is 5.03. The number of hydrogen-bond donors (Lipinski definition) is 1. The molecule has 3 atom stereocenters. The number of halogens is 1. The maximum Gasteiger partial charge on any atom is 0.238 e. The molecule has 0 radical (unpaired) electrons. The van der Waals surface area contributed by atoms with Crippen LogP contribution in [0.1, 0.15) is 36.4 Å². The molecule has 5 nitrogen and oxygen atoms in total. The molecule has 3 unspecified atom stereocenters. The lowest BCUT2D eigenvalue weighted by atomic mass is 10.1. The van der Waals surface area contributed by atoms with E-state index in [9.17, 15) is 17.6 Å². The molecule has 1 fully saturated rings. The number of primary sulfonamides is 1. The highest BCUT2D eigenvalue weighted by Gasteiger charge is 2.46. The maximum atomic E-state index is 13.9. The number of rotatable bonds is 5. The van der Waals surface area contributed by atoms with Gasteiger partial charge in [-0.1, -0.05) is 30.3 Å². The summed E-state index contributed by atoms with van der Waals surface area (Å²) in [6.07, 6.45) is 0.640. The predicted octanol–water partition coefficient (Wildman–Crippen LogP) is 2.80. The van der Waals surface area contributed by atoms with E-state index in [1.807, 2.05) is 6.92 Å².